The zero-order valence-electron chi connectivity index (χ0n) is 14.1. The largest absolute Gasteiger partial charge is 0.350 e. The van der Waals surface area contributed by atoms with Gasteiger partial charge in [-0.25, -0.2) is 30.7 Å². The number of halogens is 4. The molecule has 5 nitrogen and oxygen atoms in total. The van der Waals surface area contributed by atoms with Crippen molar-refractivity contribution < 1.29 is 30.8 Å². The Bertz CT molecular complexity index is 951. The van der Waals surface area contributed by atoms with Gasteiger partial charge in [0.1, 0.15) is 0 Å². The molecule has 0 radical (unpaired) electrons. The Labute approximate surface area is 153 Å². The lowest BCUT2D eigenvalue weighted by Crippen LogP contribution is -2.32. The van der Waals surface area contributed by atoms with Crippen molar-refractivity contribution in [2.75, 3.05) is 6.54 Å². The summed E-state index contributed by atoms with van der Waals surface area (Å²) >= 11 is 0. The van der Waals surface area contributed by atoms with E-state index >= 15 is 0 Å². The highest BCUT2D eigenvalue weighted by atomic mass is 32.2. The van der Waals surface area contributed by atoms with Crippen molar-refractivity contribution in [2.24, 2.45) is 0 Å². The van der Waals surface area contributed by atoms with Crippen molar-refractivity contribution in [3.8, 4) is 0 Å². The molecule has 2 aromatic carbocycles. The Balaban J connectivity index is 1.89. The van der Waals surface area contributed by atoms with E-state index in [1.165, 1.54) is 6.07 Å². The Morgan fingerprint density at radius 2 is 1.56 bits per heavy atom. The lowest BCUT2D eigenvalue weighted by atomic mass is 10.1. The number of benzene rings is 2. The number of rotatable bonds is 7. The van der Waals surface area contributed by atoms with Crippen LogP contribution in [0.4, 0.5) is 17.6 Å². The number of nitrogens with one attached hydrogen (secondary N) is 2. The summed E-state index contributed by atoms with van der Waals surface area (Å²) in [7, 11) is -4.11. The van der Waals surface area contributed by atoms with Crippen LogP contribution in [0.15, 0.2) is 41.3 Å². The van der Waals surface area contributed by atoms with E-state index in [2.05, 4.69) is 10.0 Å². The highest BCUT2D eigenvalue weighted by Crippen LogP contribution is 2.16. The maximum absolute atomic E-state index is 13.2. The Morgan fingerprint density at radius 3 is 2.15 bits per heavy atom. The Hall–Kier alpha value is -2.46. The quantitative estimate of drug-likeness (QED) is 0.697. The molecule has 1 unspecified atom stereocenters. The normalized spacial score (nSPS) is 12.6. The molecule has 0 aromatic heterocycles. The first-order valence-electron chi connectivity index (χ1n) is 7.79. The first-order valence-corrected chi connectivity index (χ1v) is 9.27. The van der Waals surface area contributed by atoms with Crippen LogP contribution >= 0.6 is 0 Å². The summed E-state index contributed by atoms with van der Waals surface area (Å²) in [6.45, 7) is 1.26. The van der Waals surface area contributed by atoms with Gasteiger partial charge < -0.3 is 5.32 Å². The third-order valence-corrected chi connectivity index (χ3v) is 5.13. The summed E-state index contributed by atoms with van der Waals surface area (Å²) in [6.07, 6.45) is -0.253. The van der Waals surface area contributed by atoms with Gasteiger partial charge in [-0.15, -0.1) is 0 Å². The molecule has 146 valence electrons. The summed E-state index contributed by atoms with van der Waals surface area (Å²) in [5.41, 5.74) is 0.338. The van der Waals surface area contributed by atoms with Crippen molar-refractivity contribution in [3.63, 3.8) is 0 Å². The molecule has 0 spiro atoms. The molecule has 27 heavy (non-hydrogen) atoms. The molecule has 10 heteroatoms. The predicted octanol–water partition coefficient (Wildman–Crippen LogP) is 2.79. The van der Waals surface area contributed by atoms with Crippen LogP contribution in [0, 0.1) is 23.3 Å². The predicted molar refractivity (Wildman–Crippen MR) is 89.1 cm³/mol. The topological polar surface area (TPSA) is 75.3 Å². The lowest BCUT2D eigenvalue weighted by molar-refractivity contribution is -0.121. The average Bonchev–Trinajstić information content (AvgIpc) is 2.59. The van der Waals surface area contributed by atoms with Crippen molar-refractivity contribution >= 4 is 15.9 Å². The number of carbonyl (C=O) groups is 1. The molecular formula is C17H16F4N2O3S. The van der Waals surface area contributed by atoms with Gasteiger partial charge in [0.15, 0.2) is 23.3 Å². The summed E-state index contributed by atoms with van der Waals surface area (Å²) in [5.74, 6) is -5.09. The minimum atomic E-state index is -4.11. The summed E-state index contributed by atoms with van der Waals surface area (Å²) < 4.78 is 78.2. The van der Waals surface area contributed by atoms with E-state index in [1.807, 2.05) is 0 Å². The van der Waals surface area contributed by atoms with E-state index in [-0.39, 0.29) is 13.0 Å². The second kappa shape index (κ2) is 8.49. The van der Waals surface area contributed by atoms with Gasteiger partial charge in [0, 0.05) is 13.0 Å². The fourth-order valence-corrected chi connectivity index (χ4v) is 3.25. The van der Waals surface area contributed by atoms with Crippen LogP contribution in [0.2, 0.25) is 0 Å². The highest BCUT2D eigenvalue weighted by molar-refractivity contribution is 7.89. The molecule has 0 bridgehead atoms. The molecule has 2 N–H and O–H groups in total. The third-order valence-electron chi connectivity index (χ3n) is 3.67. The van der Waals surface area contributed by atoms with E-state index in [0.717, 1.165) is 18.2 Å². The summed E-state index contributed by atoms with van der Waals surface area (Å²) in [6, 6.07) is 4.68. The number of carbonyl (C=O) groups excluding carboxylic acids is 1. The smallest absolute Gasteiger partial charge is 0.240 e. The van der Waals surface area contributed by atoms with E-state index in [1.54, 1.807) is 6.92 Å². The lowest BCUT2D eigenvalue weighted by Gasteiger charge is -2.15. The van der Waals surface area contributed by atoms with E-state index in [0.29, 0.717) is 17.7 Å². The number of hydrogen-bond donors (Lipinski definition) is 2. The second-order valence-corrected chi connectivity index (χ2v) is 7.45. The van der Waals surface area contributed by atoms with Crippen LogP contribution < -0.4 is 10.0 Å². The van der Waals surface area contributed by atoms with Crippen molar-refractivity contribution in [2.45, 2.75) is 24.3 Å². The monoisotopic (exact) mass is 404 g/mol. The summed E-state index contributed by atoms with van der Waals surface area (Å²) in [5, 5.41) is 2.51. The van der Waals surface area contributed by atoms with Crippen LogP contribution in [0.25, 0.3) is 0 Å². The van der Waals surface area contributed by atoms with Crippen molar-refractivity contribution in [1.29, 1.82) is 0 Å². The van der Waals surface area contributed by atoms with Gasteiger partial charge in [-0.2, -0.15) is 0 Å². The van der Waals surface area contributed by atoms with Crippen LogP contribution in [0.3, 0.4) is 0 Å². The Morgan fingerprint density at radius 1 is 0.963 bits per heavy atom. The molecule has 0 saturated heterocycles. The zero-order valence-corrected chi connectivity index (χ0v) is 14.9. The maximum atomic E-state index is 13.2. The molecule has 0 saturated carbocycles. The third kappa shape index (κ3) is 5.51. The van der Waals surface area contributed by atoms with Crippen LogP contribution in [-0.2, 0) is 14.8 Å². The average molecular weight is 404 g/mol. The van der Waals surface area contributed by atoms with E-state index < -0.39 is 50.1 Å². The molecule has 1 atom stereocenters. The van der Waals surface area contributed by atoms with Gasteiger partial charge in [0.2, 0.25) is 15.9 Å². The highest BCUT2D eigenvalue weighted by Gasteiger charge is 2.17. The molecule has 0 heterocycles. The fraction of sp³-hybridized carbons (Fsp3) is 0.235. The number of hydrogen-bond acceptors (Lipinski definition) is 3. The van der Waals surface area contributed by atoms with Crippen molar-refractivity contribution in [1.82, 2.24) is 10.0 Å². The van der Waals surface area contributed by atoms with Crippen molar-refractivity contribution in [3.05, 3.63) is 65.2 Å². The first kappa shape index (κ1) is 20.8. The maximum Gasteiger partial charge on any atom is 0.240 e. The molecule has 0 aliphatic rings. The molecule has 0 aliphatic heterocycles. The van der Waals surface area contributed by atoms with Gasteiger partial charge in [-0.1, -0.05) is 6.07 Å². The molecule has 2 aromatic rings. The Kier molecular flexibility index (Phi) is 6.55. The second-order valence-electron chi connectivity index (χ2n) is 5.69. The zero-order chi connectivity index (χ0) is 20.2. The number of sulfonamides is 1. The summed E-state index contributed by atoms with van der Waals surface area (Å²) in [4.78, 5) is 11.4. The van der Waals surface area contributed by atoms with Gasteiger partial charge in [-0.05, 0) is 42.8 Å². The van der Waals surface area contributed by atoms with E-state index in [4.69, 9.17) is 0 Å². The standard InChI is InChI=1S/C17H16F4N2O3S/c1-10(11-2-4-13(18)15(20)8-11)23-17(24)6-7-22-27(25,26)12-3-5-14(19)16(21)9-12/h2-5,8-10,22H,6-7H2,1H3,(H,23,24). The molecule has 0 aliphatic carbocycles. The SMILES string of the molecule is CC(NC(=O)CCNS(=O)(=O)c1ccc(F)c(F)c1)c1ccc(F)c(F)c1. The number of amides is 1. The van der Waals surface area contributed by atoms with Gasteiger partial charge >= 0.3 is 0 Å². The minimum Gasteiger partial charge on any atom is -0.350 e. The molecule has 2 rings (SSSR count). The van der Waals surface area contributed by atoms with Crippen LogP contribution in [0.5, 0.6) is 0 Å². The van der Waals surface area contributed by atoms with Gasteiger partial charge in [0.05, 0.1) is 10.9 Å². The van der Waals surface area contributed by atoms with Gasteiger partial charge in [-0.3, -0.25) is 4.79 Å². The molecular weight excluding hydrogens is 388 g/mol. The molecule has 1 amide bonds. The van der Waals surface area contributed by atoms with Crippen LogP contribution in [-0.4, -0.2) is 20.9 Å². The van der Waals surface area contributed by atoms with Gasteiger partial charge in [0.25, 0.3) is 0 Å². The van der Waals surface area contributed by atoms with Crippen LogP contribution in [0.1, 0.15) is 24.9 Å². The molecule has 0 fully saturated rings. The minimum absolute atomic E-state index is 0.253. The van der Waals surface area contributed by atoms with E-state index in [9.17, 15) is 30.8 Å². The fourth-order valence-electron chi connectivity index (χ4n) is 2.20. The first-order chi connectivity index (χ1) is 12.6.